The highest BCUT2D eigenvalue weighted by atomic mass is 32.2. The largest absolute Gasteiger partial charge is 0.416 e. The van der Waals surface area contributed by atoms with Gasteiger partial charge in [0.25, 0.3) is 0 Å². The van der Waals surface area contributed by atoms with Crippen LogP contribution < -0.4 is 0 Å². The number of thiazole rings is 1. The zero-order valence-electron chi connectivity index (χ0n) is 11.0. The fraction of sp³-hybridized carbons (Fsp3) is 0.308. The molecule has 1 heterocycles. The summed E-state index contributed by atoms with van der Waals surface area (Å²) in [5.41, 5.74) is -0.00172. The minimum absolute atomic E-state index is 0.210. The zero-order chi connectivity index (χ0) is 15.7. The van der Waals surface area contributed by atoms with Crippen molar-refractivity contribution in [1.82, 2.24) is 4.98 Å². The number of halogens is 3. The fourth-order valence-electron chi connectivity index (χ4n) is 1.79. The molecule has 0 fully saturated rings. The van der Waals surface area contributed by atoms with E-state index in [0.717, 1.165) is 17.1 Å². The molecule has 1 aromatic heterocycles. The van der Waals surface area contributed by atoms with Crippen molar-refractivity contribution in [2.45, 2.75) is 24.6 Å². The van der Waals surface area contributed by atoms with Gasteiger partial charge >= 0.3 is 6.18 Å². The number of rotatable bonds is 4. The summed E-state index contributed by atoms with van der Waals surface area (Å²) >= 11 is 1.36. The number of hydrogen-bond donors (Lipinski definition) is 0. The molecular weight excluding hydrogens is 323 g/mol. The molecule has 0 aliphatic heterocycles. The van der Waals surface area contributed by atoms with Gasteiger partial charge in [0.1, 0.15) is 0 Å². The van der Waals surface area contributed by atoms with Crippen LogP contribution in [0.25, 0.3) is 0 Å². The van der Waals surface area contributed by atoms with Gasteiger partial charge in [0.05, 0.1) is 27.8 Å². The molecule has 0 amide bonds. The van der Waals surface area contributed by atoms with Crippen molar-refractivity contribution >= 4 is 21.2 Å². The van der Waals surface area contributed by atoms with Gasteiger partial charge in [-0.1, -0.05) is 12.1 Å². The number of sulfone groups is 1. The Hall–Kier alpha value is -1.41. The Kier molecular flexibility index (Phi) is 4.38. The van der Waals surface area contributed by atoms with E-state index in [9.17, 15) is 21.6 Å². The maximum absolute atomic E-state index is 12.4. The van der Waals surface area contributed by atoms with E-state index >= 15 is 0 Å². The van der Waals surface area contributed by atoms with Gasteiger partial charge in [0.15, 0.2) is 9.84 Å². The third-order valence-electron chi connectivity index (χ3n) is 2.70. The minimum Gasteiger partial charge on any atom is -0.246 e. The first-order valence-electron chi connectivity index (χ1n) is 5.93. The Morgan fingerprint density at radius 1 is 1.14 bits per heavy atom. The summed E-state index contributed by atoms with van der Waals surface area (Å²) in [4.78, 5) is 4.07. The number of hydrogen-bond acceptors (Lipinski definition) is 4. The zero-order valence-corrected chi connectivity index (χ0v) is 12.6. The van der Waals surface area contributed by atoms with Gasteiger partial charge in [-0.25, -0.2) is 13.4 Å². The van der Waals surface area contributed by atoms with E-state index < -0.39 is 21.6 Å². The summed E-state index contributed by atoms with van der Waals surface area (Å²) < 4.78 is 61.3. The molecule has 0 saturated heterocycles. The predicted octanol–water partition coefficient (Wildman–Crippen LogP) is 3.59. The van der Waals surface area contributed by atoms with Crippen LogP contribution in [0.2, 0.25) is 0 Å². The maximum Gasteiger partial charge on any atom is 0.416 e. The lowest BCUT2D eigenvalue weighted by Gasteiger charge is -2.08. The Bertz CT molecular complexity index is 719. The number of aryl methyl sites for hydroxylation is 1. The number of aromatic nitrogens is 1. The van der Waals surface area contributed by atoms with Crippen LogP contribution in [0.5, 0.6) is 0 Å². The van der Waals surface area contributed by atoms with Crippen molar-refractivity contribution in [1.29, 1.82) is 0 Å². The lowest BCUT2D eigenvalue weighted by Crippen LogP contribution is -2.09. The molecule has 8 heteroatoms. The van der Waals surface area contributed by atoms with E-state index in [4.69, 9.17) is 0 Å². The third kappa shape index (κ3) is 4.53. The van der Waals surface area contributed by atoms with E-state index in [1.54, 1.807) is 12.3 Å². The monoisotopic (exact) mass is 335 g/mol. The molecule has 3 nitrogen and oxygen atoms in total. The molecule has 0 aliphatic rings. The second kappa shape index (κ2) is 5.76. The molecule has 0 unspecified atom stereocenters. The van der Waals surface area contributed by atoms with Gasteiger partial charge in [0, 0.05) is 5.38 Å². The first-order valence-corrected chi connectivity index (χ1v) is 8.63. The van der Waals surface area contributed by atoms with Crippen LogP contribution in [0.1, 0.15) is 21.8 Å². The van der Waals surface area contributed by atoms with E-state index in [1.807, 2.05) is 0 Å². The second-order valence-electron chi connectivity index (χ2n) is 4.58. The minimum atomic E-state index is -4.42. The molecule has 0 aliphatic carbocycles. The van der Waals surface area contributed by atoms with Crippen molar-refractivity contribution in [2.24, 2.45) is 0 Å². The molecule has 0 spiro atoms. The molecule has 0 N–H and O–H groups in total. The smallest absolute Gasteiger partial charge is 0.246 e. The lowest BCUT2D eigenvalue weighted by molar-refractivity contribution is -0.137. The summed E-state index contributed by atoms with van der Waals surface area (Å²) in [6.45, 7) is 1.77. The Labute approximate surface area is 124 Å². The topological polar surface area (TPSA) is 47.0 Å². The normalized spacial score (nSPS) is 12.6. The highest BCUT2D eigenvalue weighted by Crippen LogP contribution is 2.29. The summed E-state index contributed by atoms with van der Waals surface area (Å²) in [6, 6.07) is 4.15. The summed E-state index contributed by atoms with van der Waals surface area (Å²) in [6.07, 6.45) is -4.42. The van der Waals surface area contributed by atoms with Crippen molar-refractivity contribution < 1.29 is 21.6 Å². The lowest BCUT2D eigenvalue weighted by atomic mass is 10.1. The van der Waals surface area contributed by atoms with E-state index in [-0.39, 0.29) is 11.5 Å². The van der Waals surface area contributed by atoms with Gasteiger partial charge in [-0.05, 0) is 24.6 Å². The molecule has 0 bridgehead atoms. The Balaban J connectivity index is 2.10. The summed E-state index contributed by atoms with van der Waals surface area (Å²) in [5, 5.41) is 2.44. The van der Waals surface area contributed by atoms with Gasteiger partial charge in [-0.15, -0.1) is 11.3 Å². The van der Waals surface area contributed by atoms with Gasteiger partial charge < -0.3 is 0 Å². The molecule has 2 aromatic rings. The Morgan fingerprint density at radius 2 is 1.76 bits per heavy atom. The SMILES string of the molecule is Cc1nc(CS(=O)(=O)Cc2ccc(C(F)(F)F)cc2)cs1. The first-order chi connectivity index (χ1) is 9.66. The van der Waals surface area contributed by atoms with Crippen LogP contribution in [0.3, 0.4) is 0 Å². The molecule has 0 radical (unpaired) electrons. The quantitative estimate of drug-likeness (QED) is 0.858. The number of benzene rings is 1. The van der Waals surface area contributed by atoms with Crippen LogP contribution in [0.15, 0.2) is 29.6 Å². The molecule has 0 saturated carbocycles. The van der Waals surface area contributed by atoms with Gasteiger partial charge in [-0.2, -0.15) is 13.2 Å². The van der Waals surface area contributed by atoms with E-state index in [1.165, 1.54) is 23.5 Å². The van der Waals surface area contributed by atoms with Crippen LogP contribution in [-0.2, 0) is 27.5 Å². The highest BCUT2D eigenvalue weighted by molar-refractivity contribution is 7.89. The fourth-order valence-corrected chi connectivity index (χ4v) is 3.91. The van der Waals surface area contributed by atoms with E-state index in [0.29, 0.717) is 11.3 Å². The van der Waals surface area contributed by atoms with Crippen molar-refractivity contribution in [3.05, 3.63) is 51.5 Å². The number of nitrogens with zero attached hydrogens (tertiary/aromatic N) is 1. The predicted molar refractivity (Wildman–Crippen MR) is 74.6 cm³/mol. The van der Waals surface area contributed by atoms with E-state index in [2.05, 4.69) is 4.98 Å². The van der Waals surface area contributed by atoms with Crippen LogP contribution in [0, 0.1) is 6.92 Å². The van der Waals surface area contributed by atoms with Crippen LogP contribution >= 0.6 is 11.3 Å². The first kappa shape index (κ1) is 16.0. The average molecular weight is 335 g/mol. The molecule has 114 valence electrons. The molecule has 2 rings (SSSR count). The third-order valence-corrected chi connectivity index (χ3v) is 5.03. The summed E-state index contributed by atoms with van der Waals surface area (Å²) in [7, 11) is -3.46. The molecule has 1 aromatic carbocycles. The standard InChI is InChI=1S/C13H12F3NO2S2/c1-9-17-12(6-20-9)8-21(18,19)7-10-2-4-11(5-3-10)13(14,15)16/h2-6H,7-8H2,1H3. The Morgan fingerprint density at radius 3 is 2.24 bits per heavy atom. The van der Waals surface area contributed by atoms with Crippen molar-refractivity contribution in [3.8, 4) is 0 Å². The highest BCUT2D eigenvalue weighted by Gasteiger charge is 2.30. The second-order valence-corrected chi connectivity index (χ2v) is 7.71. The molecular formula is C13H12F3NO2S2. The van der Waals surface area contributed by atoms with Gasteiger partial charge in [-0.3, -0.25) is 0 Å². The van der Waals surface area contributed by atoms with Crippen molar-refractivity contribution in [3.63, 3.8) is 0 Å². The maximum atomic E-state index is 12.4. The number of alkyl halides is 3. The molecule has 21 heavy (non-hydrogen) atoms. The van der Waals surface area contributed by atoms with Crippen molar-refractivity contribution in [2.75, 3.05) is 0 Å². The average Bonchev–Trinajstić information content (AvgIpc) is 2.72. The van der Waals surface area contributed by atoms with Gasteiger partial charge in [0.2, 0.25) is 0 Å². The van der Waals surface area contributed by atoms with Crippen LogP contribution in [0.4, 0.5) is 13.2 Å². The van der Waals surface area contributed by atoms with Crippen LogP contribution in [-0.4, -0.2) is 13.4 Å². The summed E-state index contributed by atoms with van der Waals surface area (Å²) in [5.74, 6) is -0.514. The molecule has 0 atom stereocenters.